The summed E-state index contributed by atoms with van der Waals surface area (Å²) in [5.41, 5.74) is 0.627. The summed E-state index contributed by atoms with van der Waals surface area (Å²) in [5.74, 6) is -0.757. The Morgan fingerprint density at radius 3 is 1.90 bits per heavy atom. The average Bonchev–Trinajstić information content (AvgIpc) is 2.41. The maximum absolute atomic E-state index is 13.3. The zero-order chi connectivity index (χ0) is 14.3. The Kier molecular flexibility index (Phi) is 3.78. The van der Waals surface area contributed by atoms with E-state index in [4.69, 9.17) is 0 Å². The fourth-order valence-electron chi connectivity index (χ4n) is 4.08. The van der Waals surface area contributed by atoms with E-state index in [-0.39, 0.29) is 5.92 Å². The molecule has 2 aliphatic rings. The molecule has 0 atom stereocenters. The summed E-state index contributed by atoms with van der Waals surface area (Å²) < 4.78 is 39.6. The summed E-state index contributed by atoms with van der Waals surface area (Å²) in [5, 5.41) is 0. The van der Waals surface area contributed by atoms with Crippen molar-refractivity contribution in [2.24, 2.45) is 17.8 Å². The van der Waals surface area contributed by atoms with Crippen LogP contribution in [-0.4, -0.2) is 0 Å². The third-order valence-corrected chi connectivity index (χ3v) is 5.33. The summed E-state index contributed by atoms with van der Waals surface area (Å²) >= 11 is 0. The summed E-state index contributed by atoms with van der Waals surface area (Å²) in [6.07, 6.45) is 6.91. The molecular formula is C17H21F3. The van der Waals surface area contributed by atoms with Crippen molar-refractivity contribution in [3.63, 3.8) is 0 Å². The molecule has 0 amide bonds. The predicted octanol–water partition coefficient (Wildman–Crippen LogP) is 5.42. The number of rotatable bonds is 2. The van der Waals surface area contributed by atoms with E-state index in [1.165, 1.54) is 25.0 Å². The van der Waals surface area contributed by atoms with E-state index in [0.29, 0.717) is 5.56 Å². The molecule has 3 rings (SSSR count). The largest absolute Gasteiger partial charge is 0.204 e. The molecule has 0 nitrogen and oxygen atoms in total. The summed E-state index contributed by atoms with van der Waals surface area (Å²) in [4.78, 5) is 0. The third kappa shape index (κ3) is 2.59. The highest BCUT2D eigenvalue weighted by atomic mass is 19.2. The van der Waals surface area contributed by atoms with Crippen LogP contribution in [-0.2, 0) is 0 Å². The first kappa shape index (κ1) is 14.0. The lowest BCUT2D eigenvalue weighted by Gasteiger charge is -2.42. The minimum atomic E-state index is -1.36. The standard InChI is InChI=1S/C17H21F3/c1-10-6-13(7-10)11-2-4-12(5-3-11)14-8-15(18)17(20)16(19)9-14/h8-13H,2-7H2,1H3. The smallest absolute Gasteiger partial charge is 0.194 e. The van der Waals surface area contributed by atoms with E-state index in [2.05, 4.69) is 6.92 Å². The summed E-state index contributed by atoms with van der Waals surface area (Å²) in [6.45, 7) is 2.30. The zero-order valence-corrected chi connectivity index (χ0v) is 11.8. The molecule has 20 heavy (non-hydrogen) atoms. The van der Waals surface area contributed by atoms with Crippen LogP contribution in [0.25, 0.3) is 0 Å². The second-order valence-corrected chi connectivity index (χ2v) is 6.75. The molecule has 0 aromatic heterocycles. The Morgan fingerprint density at radius 2 is 1.40 bits per heavy atom. The van der Waals surface area contributed by atoms with Crippen LogP contribution in [0.3, 0.4) is 0 Å². The molecule has 0 spiro atoms. The first-order valence-corrected chi connectivity index (χ1v) is 7.69. The van der Waals surface area contributed by atoms with Crippen LogP contribution in [0.5, 0.6) is 0 Å². The Morgan fingerprint density at radius 1 is 0.850 bits per heavy atom. The van der Waals surface area contributed by atoms with Gasteiger partial charge in [0.2, 0.25) is 0 Å². The molecule has 0 saturated heterocycles. The molecule has 0 N–H and O–H groups in total. The van der Waals surface area contributed by atoms with Gasteiger partial charge in [-0.2, -0.15) is 0 Å². The molecule has 2 fully saturated rings. The number of benzene rings is 1. The van der Waals surface area contributed by atoms with Gasteiger partial charge in [0.05, 0.1) is 0 Å². The summed E-state index contributed by atoms with van der Waals surface area (Å²) in [6, 6.07) is 2.35. The van der Waals surface area contributed by atoms with Crippen molar-refractivity contribution in [1.29, 1.82) is 0 Å². The molecule has 0 unspecified atom stereocenters. The molecule has 0 aliphatic heterocycles. The lowest BCUT2D eigenvalue weighted by atomic mass is 9.64. The molecule has 1 aromatic rings. The van der Waals surface area contributed by atoms with Crippen molar-refractivity contribution in [2.75, 3.05) is 0 Å². The predicted molar refractivity (Wildman–Crippen MR) is 72.9 cm³/mol. The SMILES string of the molecule is CC1CC(C2CCC(c3cc(F)c(F)c(F)c3)CC2)C1. The van der Waals surface area contributed by atoms with Gasteiger partial charge in [0.15, 0.2) is 17.5 Å². The first-order valence-electron chi connectivity index (χ1n) is 7.69. The topological polar surface area (TPSA) is 0 Å². The Labute approximate surface area is 118 Å². The van der Waals surface area contributed by atoms with Crippen LogP contribution in [0.2, 0.25) is 0 Å². The highest BCUT2D eigenvalue weighted by molar-refractivity contribution is 5.23. The van der Waals surface area contributed by atoms with E-state index >= 15 is 0 Å². The lowest BCUT2D eigenvalue weighted by molar-refractivity contribution is 0.103. The maximum atomic E-state index is 13.3. The maximum Gasteiger partial charge on any atom is 0.194 e. The highest BCUT2D eigenvalue weighted by Gasteiger charge is 2.35. The van der Waals surface area contributed by atoms with Crippen molar-refractivity contribution < 1.29 is 13.2 Å². The second-order valence-electron chi connectivity index (χ2n) is 6.75. The Bertz CT molecular complexity index is 460. The van der Waals surface area contributed by atoms with Gasteiger partial charge in [-0.3, -0.25) is 0 Å². The monoisotopic (exact) mass is 282 g/mol. The van der Waals surface area contributed by atoms with E-state index in [0.717, 1.165) is 43.4 Å². The summed E-state index contributed by atoms with van der Waals surface area (Å²) in [7, 11) is 0. The first-order chi connectivity index (χ1) is 9.54. The number of halogens is 3. The van der Waals surface area contributed by atoms with Crippen LogP contribution in [0.15, 0.2) is 12.1 Å². The lowest BCUT2D eigenvalue weighted by Crippen LogP contribution is -2.30. The van der Waals surface area contributed by atoms with Gasteiger partial charge in [-0.15, -0.1) is 0 Å². The van der Waals surface area contributed by atoms with Gasteiger partial charge in [-0.05, 0) is 79.9 Å². The van der Waals surface area contributed by atoms with E-state index < -0.39 is 17.5 Å². The van der Waals surface area contributed by atoms with Gasteiger partial charge >= 0.3 is 0 Å². The van der Waals surface area contributed by atoms with Crippen molar-refractivity contribution in [2.45, 2.75) is 51.4 Å². The van der Waals surface area contributed by atoms with E-state index in [1.54, 1.807) is 0 Å². The minimum absolute atomic E-state index is 0.188. The molecule has 3 heteroatoms. The molecule has 1 aromatic carbocycles. The van der Waals surface area contributed by atoms with Crippen molar-refractivity contribution >= 4 is 0 Å². The minimum Gasteiger partial charge on any atom is -0.204 e. The van der Waals surface area contributed by atoms with Crippen LogP contribution in [0, 0.1) is 35.2 Å². The van der Waals surface area contributed by atoms with Crippen LogP contribution < -0.4 is 0 Å². The van der Waals surface area contributed by atoms with Gasteiger partial charge in [-0.25, -0.2) is 13.2 Å². The molecular weight excluding hydrogens is 261 g/mol. The average molecular weight is 282 g/mol. The van der Waals surface area contributed by atoms with Gasteiger partial charge in [-0.1, -0.05) is 6.92 Å². The van der Waals surface area contributed by atoms with Crippen molar-refractivity contribution in [1.82, 2.24) is 0 Å². The number of hydrogen-bond donors (Lipinski definition) is 0. The van der Waals surface area contributed by atoms with Gasteiger partial charge in [0.25, 0.3) is 0 Å². The highest BCUT2D eigenvalue weighted by Crippen LogP contribution is 2.47. The van der Waals surface area contributed by atoms with Crippen LogP contribution in [0.4, 0.5) is 13.2 Å². The van der Waals surface area contributed by atoms with E-state index in [9.17, 15) is 13.2 Å². The van der Waals surface area contributed by atoms with Gasteiger partial charge in [0, 0.05) is 0 Å². The normalized spacial score (nSPS) is 33.8. The molecule has 0 heterocycles. The third-order valence-electron chi connectivity index (χ3n) is 5.33. The molecule has 110 valence electrons. The van der Waals surface area contributed by atoms with Gasteiger partial charge in [0.1, 0.15) is 0 Å². The van der Waals surface area contributed by atoms with Crippen molar-refractivity contribution in [3.8, 4) is 0 Å². The Balaban J connectivity index is 1.63. The molecule has 0 radical (unpaired) electrons. The second kappa shape index (κ2) is 5.42. The van der Waals surface area contributed by atoms with Gasteiger partial charge < -0.3 is 0 Å². The molecule has 2 aliphatic carbocycles. The van der Waals surface area contributed by atoms with E-state index in [1.807, 2.05) is 0 Å². The quantitative estimate of drug-likeness (QED) is 0.635. The fraction of sp³-hybridized carbons (Fsp3) is 0.647. The van der Waals surface area contributed by atoms with Crippen LogP contribution >= 0.6 is 0 Å². The fourth-order valence-corrected chi connectivity index (χ4v) is 4.08. The molecule has 0 bridgehead atoms. The van der Waals surface area contributed by atoms with Crippen LogP contribution in [0.1, 0.15) is 56.9 Å². The zero-order valence-electron chi connectivity index (χ0n) is 11.8. The number of hydrogen-bond acceptors (Lipinski definition) is 0. The molecule has 2 saturated carbocycles. The Hall–Kier alpha value is -0.990. The van der Waals surface area contributed by atoms with Crippen molar-refractivity contribution in [3.05, 3.63) is 35.1 Å².